The van der Waals surface area contributed by atoms with Gasteiger partial charge in [0.05, 0.1) is 0 Å². The van der Waals surface area contributed by atoms with Crippen molar-refractivity contribution in [2.75, 3.05) is 11.5 Å². The largest absolute Gasteiger partial charge is 0.480 e. The number of ketones is 2. The standard InChI is InChI=1S/C20H20N2O6S2/c21-19(17(25)26,15(23)13-7-3-1-4-8-13)11-29-30-12-20(22,18(27)28)16(24)14-9-5-2-6-10-14/h1-10H,11-12,21-22H2,(H,25,26)(H,27,28)/t19-,20-/m1/s1. The van der Waals surface area contributed by atoms with Crippen molar-refractivity contribution in [2.24, 2.45) is 11.5 Å². The van der Waals surface area contributed by atoms with E-state index in [0.717, 1.165) is 21.6 Å². The van der Waals surface area contributed by atoms with Gasteiger partial charge >= 0.3 is 11.9 Å². The SMILES string of the molecule is N[C@@](CSSC[C@](N)(C(=O)O)C(=O)c1ccccc1)(C(=O)O)C(=O)c1ccccc1. The Labute approximate surface area is 180 Å². The van der Waals surface area contributed by atoms with E-state index in [-0.39, 0.29) is 22.6 Å². The Bertz CT molecular complexity index is 863. The van der Waals surface area contributed by atoms with Crippen molar-refractivity contribution in [1.29, 1.82) is 0 Å². The monoisotopic (exact) mass is 448 g/mol. The number of carbonyl (C=O) groups excluding carboxylic acids is 2. The van der Waals surface area contributed by atoms with E-state index in [0.29, 0.717) is 0 Å². The maximum atomic E-state index is 12.6. The van der Waals surface area contributed by atoms with Crippen molar-refractivity contribution in [1.82, 2.24) is 0 Å². The first-order chi connectivity index (χ1) is 14.1. The van der Waals surface area contributed by atoms with E-state index in [2.05, 4.69) is 0 Å². The fourth-order valence-electron chi connectivity index (χ4n) is 2.41. The zero-order chi connectivity index (χ0) is 22.4. The normalized spacial score (nSPS) is 14.9. The Morgan fingerprint density at radius 2 is 0.967 bits per heavy atom. The van der Waals surface area contributed by atoms with Crippen LogP contribution in [0.4, 0.5) is 0 Å². The van der Waals surface area contributed by atoms with Crippen LogP contribution in [-0.2, 0) is 9.59 Å². The third-order valence-corrected chi connectivity index (χ3v) is 6.82. The summed E-state index contributed by atoms with van der Waals surface area (Å²) in [5, 5.41) is 19.0. The van der Waals surface area contributed by atoms with E-state index >= 15 is 0 Å². The van der Waals surface area contributed by atoms with Crippen molar-refractivity contribution in [3.8, 4) is 0 Å². The van der Waals surface area contributed by atoms with E-state index in [1.807, 2.05) is 0 Å². The van der Waals surface area contributed by atoms with Crippen LogP contribution in [0.15, 0.2) is 60.7 Å². The lowest BCUT2D eigenvalue weighted by Crippen LogP contribution is -2.58. The van der Waals surface area contributed by atoms with E-state index in [1.165, 1.54) is 24.3 Å². The van der Waals surface area contributed by atoms with Crippen LogP contribution in [0.5, 0.6) is 0 Å². The molecule has 158 valence electrons. The average Bonchev–Trinajstić information content (AvgIpc) is 2.76. The van der Waals surface area contributed by atoms with Gasteiger partial charge in [-0.3, -0.25) is 9.59 Å². The molecule has 2 aromatic rings. The van der Waals surface area contributed by atoms with Gasteiger partial charge in [-0.2, -0.15) is 0 Å². The van der Waals surface area contributed by atoms with Crippen LogP contribution in [0.1, 0.15) is 20.7 Å². The molecule has 0 radical (unpaired) electrons. The quantitative estimate of drug-likeness (QED) is 0.172. The molecule has 0 saturated carbocycles. The van der Waals surface area contributed by atoms with E-state index in [9.17, 15) is 29.4 Å². The third kappa shape index (κ3) is 5.08. The summed E-state index contributed by atoms with van der Waals surface area (Å²) in [6.45, 7) is 0. The van der Waals surface area contributed by atoms with Gasteiger partial charge in [-0.25, -0.2) is 9.59 Å². The summed E-state index contributed by atoms with van der Waals surface area (Å²) >= 11 is 0. The number of benzene rings is 2. The first-order valence-electron chi connectivity index (χ1n) is 8.61. The maximum absolute atomic E-state index is 12.6. The molecule has 8 nitrogen and oxygen atoms in total. The molecule has 0 amide bonds. The molecule has 0 heterocycles. The predicted molar refractivity (Wildman–Crippen MR) is 116 cm³/mol. The van der Waals surface area contributed by atoms with Crippen molar-refractivity contribution < 1.29 is 29.4 Å². The van der Waals surface area contributed by atoms with Gasteiger partial charge in [-0.05, 0) is 0 Å². The molecule has 0 aliphatic rings. The zero-order valence-corrected chi connectivity index (χ0v) is 17.3. The lowest BCUT2D eigenvalue weighted by atomic mass is 9.92. The first-order valence-corrected chi connectivity index (χ1v) is 11.1. The summed E-state index contributed by atoms with van der Waals surface area (Å²) in [5.41, 5.74) is 7.61. The maximum Gasteiger partial charge on any atom is 0.332 e. The van der Waals surface area contributed by atoms with Crippen molar-refractivity contribution >= 4 is 45.1 Å². The van der Waals surface area contributed by atoms with Crippen LogP contribution in [-0.4, -0.2) is 56.3 Å². The fourth-order valence-corrected chi connectivity index (χ4v) is 5.08. The summed E-state index contributed by atoms with van der Waals surface area (Å²) in [5.74, 6) is -5.28. The summed E-state index contributed by atoms with van der Waals surface area (Å²) in [6.07, 6.45) is 0. The molecule has 10 heteroatoms. The fraction of sp³-hybridized carbons (Fsp3) is 0.200. The van der Waals surface area contributed by atoms with Gasteiger partial charge in [0.1, 0.15) is 0 Å². The molecule has 0 aliphatic heterocycles. The van der Waals surface area contributed by atoms with Crippen molar-refractivity contribution in [3.63, 3.8) is 0 Å². The predicted octanol–water partition coefficient (Wildman–Crippen LogP) is 1.70. The van der Waals surface area contributed by atoms with Gasteiger partial charge in [0.25, 0.3) is 0 Å². The minimum Gasteiger partial charge on any atom is -0.480 e. The van der Waals surface area contributed by atoms with Crippen LogP contribution >= 0.6 is 21.6 Å². The molecule has 0 aromatic heterocycles. The summed E-state index contributed by atoms with van der Waals surface area (Å²) in [6, 6.07) is 15.5. The highest BCUT2D eigenvalue weighted by molar-refractivity contribution is 8.76. The second-order valence-corrected chi connectivity index (χ2v) is 8.93. The Kier molecular flexibility index (Phi) is 7.79. The number of hydrogen-bond donors (Lipinski definition) is 4. The van der Waals surface area contributed by atoms with Crippen LogP contribution in [0.25, 0.3) is 0 Å². The van der Waals surface area contributed by atoms with Gasteiger partial charge < -0.3 is 21.7 Å². The van der Waals surface area contributed by atoms with Crippen molar-refractivity contribution in [2.45, 2.75) is 11.1 Å². The highest BCUT2D eigenvalue weighted by Gasteiger charge is 2.45. The number of carboxylic acids is 2. The average molecular weight is 449 g/mol. The number of rotatable bonds is 11. The molecule has 30 heavy (non-hydrogen) atoms. The molecule has 2 atom stereocenters. The van der Waals surface area contributed by atoms with E-state index in [1.54, 1.807) is 36.4 Å². The number of carboxylic acid groups (broad SMARTS) is 2. The Hall–Kier alpha value is -2.66. The number of aliphatic carboxylic acids is 2. The highest BCUT2D eigenvalue weighted by atomic mass is 33.1. The zero-order valence-electron chi connectivity index (χ0n) is 15.7. The highest BCUT2D eigenvalue weighted by Crippen LogP contribution is 2.30. The Balaban J connectivity index is 2.09. The van der Waals surface area contributed by atoms with E-state index < -0.39 is 34.6 Å². The Morgan fingerprint density at radius 3 is 1.23 bits per heavy atom. The minimum atomic E-state index is -2.22. The van der Waals surface area contributed by atoms with Gasteiger partial charge in [0.15, 0.2) is 22.6 Å². The molecule has 0 bridgehead atoms. The van der Waals surface area contributed by atoms with Crippen LogP contribution in [0, 0.1) is 0 Å². The molecule has 6 N–H and O–H groups in total. The second kappa shape index (κ2) is 9.90. The molecule has 0 saturated heterocycles. The summed E-state index contributed by atoms with van der Waals surface area (Å²) < 4.78 is 0. The lowest BCUT2D eigenvalue weighted by Gasteiger charge is -2.25. The van der Waals surface area contributed by atoms with Gasteiger partial charge in [-0.15, -0.1) is 0 Å². The minimum absolute atomic E-state index is 0.144. The summed E-state index contributed by atoms with van der Waals surface area (Å²) in [7, 11) is 1.73. The number of hydrogen-bond acceptors (Lipinski definition) is 8. The number of Topliss-reactive ketones (excluding diaryl/α,β-unsaturated/α-hetero) is 2. The molecule has 0 fully saturated rings. The second-order valence-electron chi connectivity index (χ2n) is 6.47. The third-order valence-electron chi connectivity index (χ3n) is 4.30. The number of nitrogens with two attached hydrogens (primary N) is 2. The molecule has 0 spiro atoms. The summed E-state index contributed by atoms with van der Waals surface area (Å²) in [4.78, 5) is 48.6. The molecule has 0 unspecified atom stereocenters. The van der Waals surface area contributed by atoms with Crippen LogP contribution in [0.3, 0.4) is 0 Å². The molecular formula is C20H20N2O6S2. The molecular weight excluding hydrogens is 428 g/mol. The number of carbonyl (C=O) groups is 4. The Morgan fingerprint density at radius 1 is 0.667 bits per heavy atom. The topological polar surface area (TPSA) is 161 Å². The van der Waals surface area contributed by atoms with Crippen LogP contribution in [0.2, 0.25) is 0 Å². The van der Waals surface area contributed by atoms with E-state index in [4.69, 9.17) is 11.5 Å². The van der Waals surface area contributed by atoms with Crippen LogP contribution < -0.4 is 11.5 Å². The van der Waals surface area contributed by atoms with Gasteiger partial charge in [-0.1, -0.05) is 82.3 Å². The van der Waals surface area contributed by atoms with Gasteiger partial charge in [0, 0.05) is 22.6 Å². The smallest absolute Gasteiger partial charge is 0.332 e. The molecule has 2 rings (SSSR count). The van der Waals surface area contributed by atoms with Gasteiger partial charge in [0.2, 0.25) is 0 Å². The molecule has 2 aromatic carbocycles. The first kappa shape index (κ1) is 23.6. The van der Waals surface area contributed by atoms with Crippen molar-refractivity contribution in [3.05, 3.63) is 71.8 Å². The lowest BCUT2D eigenvalue weighted by molar-refractivity contribution is -0.141. The molecule has 0 aliphatic carbocycles.